The number of aromatic nitrogens is 1. The number of aryl methyl sites for hydroxylation is 2. The summed E-state index contributed by atoms with van der Waals surface area (Å²) in [4.78, 5) is 38.9. The minimum atomic E-state index is -0.749. The number of benzene rings is 2. The Hall–Kier alpha value is -3.93. The second kappa shape index (κ2) is 7.48. The van der Waals surface area contributed by atoms with Crippen molar-refractivity contribution in [3.05, 3.63) is 88.8 Å². The van der Waals surface area contributed by atoms with Crippen LogP contribution in [0.15, 0.2) is 66.2 Å². The summed E-state index contributed by atoms with van der Waals surface area (Å²) in [5.41, 5.74) is 4.94. The Kier molecular flexibility index (Phi) is 4.83. The number of barbiturate groups is 1. The highest BCUT2D eigenvalue weighted by molar-refractivity contribution is 6.39. The highest BCUT2D eigenvalue weighted by Crippen LogP contribution is 2.26. The molecule has 2 aromatic carbocycles. The van der Waals surface area contributed by atoms with Crippen LogP contribution >= 0.6 is 0 Å². The van der Waals surface area contributed by atoms with Crippen molar-refractivity contribution in [2.45, 2.75) is 20.8 Å². The molecule has 1 aliphatic rings. The zero-order valence-electron chi connectivity index (χ0n) is 17.0. The van der Waals surface area contributed by atoms with Gasteiger partial charge >= 0.3 is 6.03 Å². The fraction of sp³-hybridized carbons (Fsp3) is 0.125. The van der Waals surface area contributed by atoms with Crippen molar-refractivity contribution in [1.82, 2.24) is 9.88 Å². The molecule has 3 aromatic rings. The van der Waals surface area contributed by atoms with Gasteiger partial charge in [0, 0.05) is 17.1 Å². The Morgan fingerprint density at radius 3 is 2.17 bits per heavy atom. The standard InChI is InChI=1S/C24H21N3O3/c1-15-9-11-20(12-10-15)27-23(29)21(22(28)25-24(27)30)14-18-13-16(2)26(17(18)3)19-7-5-4-6-8-19/h4-14H,1-3H3,(H,25,28,30)/b21-14+. The van der Waals surface area contributed by atoms with Crippen molar-refractivity contribution >= 4 is 29.6 Å². The molecule has 0 spiro atoms. The second-order valence-corrected chi connectivity index (χ2v) is 7.29. The molecule has 0 saturated carbocycles. The SMILES string of the molecule is Cc1ccc(N2C(=O)NC(=O)/C(=C\c3cc(C)n(-c4ccccc4)c3C)C2=O)cc1. The number of imide groups is 2. The normalized spacial score (nSPS) is 15.6. The van der Waals surface area contributed by atoms with Crippen molar-refractivity contribution in [2.75, 3.05) is 4.90 Å². The van der Waals surface area contributed by atoms with Crippen LogP contribution in [0, 0.1) is 20.8 Å². The monoisotopic (exact) mass is 399 g/mol. The van der Waals surface area contributed by atoms with Crippen molar-refractivity contribution in [2.24, 2.45) is 0 Å². The predicted molar refractivity (Wildman–Crippen MR) is 115 cm³/mol. The fourth-order valence-corrected chi connectivity index (χ4v) is 3.65. The Bertz CT molecular complexity index is 1190. The maximum Gasteiger partial charge on any atom is 0.335 e. The topological polar surface area (TPSA) is 71.4 Å². The van der Waals surface area contributed by atoms with Gasteiger partial charge in [-0.15, -0.1) is 0 Å². The molecule has 0 atom stereocenters. The van der Waals surface area contributed by atoms with Crippen LogP contribution in [0.4, 0.5) is 10.5 Å². The van der Waals surface area contributed by atoms with Crippen LogP contribution < -0.4 is 10.2 Å². The van der Waals surface area contributed by atoms with Gasteiger partial charge in [0.15, 0.2) is 0 Å². The Morgan fingerprint density at radius 2 is 1.50 bits per heavy atom. The van der Waals surface area contributed by atoms with Crippen LogP contribution in [0.2, 0.25) is 0 Å². The second-order valence-electron chi connectivity index (χ2n) is 7.29. The summed E-state index contributed by atoms with van der Waals surface area (Å²) >= 11 is 0. The highest BCUT2D eigenvalue weighted by atomic mass is 16.2. The first-order chi connectivity index (χ1) is 14.4. The minimum Gasteiger partial charge on any atom is -0.318 e. The molecular formula is C24H21N3O3. The molecule has 6 nitrogen and oxygen atoms in total. The van der Waals surface area contributed by atoms with E-state index in [4.69, 9.17) is 0 Å². The number of nitrogens with zero attached hydrogens (tertiary/aromatic N) is 2. The lowest BCUT2D eigenvalue weighted by atomic mass is 10.1. The van der Waals surface area contributed by atoms with E-state index >= 15 is 0 Å². The average Bonchev–Trinajstić information content (AvgIpc) is 3.00. The quantitative estimate of drug-likeness (QED) is 0.533. The van der Waals surface area contributed by atoms with Crippen LogP contribution in [-0.2, 0) is 9.59 Å². The van der Waals surface area contributed by atoms with E-state index in [-0.39, 0.29) is 5.57 Å². The maximum absolute atomic E-state index is 13.1. The lowest BCUT2D eigenvalue weighted by molar-refractivity contribution is -0.122. The molecule has 2 heterocycles. The van der Waals surface area contributed by atoms with Gasteiger partial charge in [-0.05, 0) is 62.7 Å². The summed E-state index contributed by atoms with van der Waals surface area (Å²) in [5.74, 6) is -1.34. The first-order valence-electron chi connectivity index (χ1n) is 9.59. The zero-order valence-corrected chi connectivity index (χ0v) is 17.0. The first-order valence-corrected chi connectivity index (χ1v) is 9.59. The number of carbonyl (C=O) groups excluding carboxylic acids is 3. The molecule has 1 fully saturated rings. The minimum absolute atomic E-state index is 0.0801. The third-order valence-corrected chi connectivity index (χ3v) is 5.18. The van der Waals surface area contributed by atoms with Gasteiger partial charge in [0.25, 0.3) is 11.8 Å². The third-order valence-electron chi connectivity index (χ3n) is 5.18. The van der Waals surface area contributed by atoms with E-state index in [1.165, 1.54) is 0 Å². The van der Waals surface area contributed by atoms with Gasteiger partial charge in [-0.3, -0.25) is 14.9 Å². The smallest absolute Gasteiger partial charge is 0.318 e. The molecule has 1 aromatic heterocycles. The molecule has 1 N–H and O–H groups in total. The molecule has 6 heteroatoms. The van der Waals surface area contributed by atoms with Gasteiger partial charge in [0.05, 0.1) is 5.69 Å². The number of hydrogen-bond donors (Lipinski definition) is 1. The summed E-state index contributed by atoms with van der Waals surface area (Å²) in [6.07, 6.45) is 1.55. The number of hydrogen-bond acceptors (Lipinski definition) is 3. The lowest BCUT2D eigenvalue weighted by Gasteiger charge is -2.26. The molecule has 30 heavy (non-hydrogen) atoms. The molecule has 0 bridgehead atoms. The molecule has 4 amide bonds. The van der Waals surface area contributed by atoms with Crippen molar-refractivity contribution < 1.29 is 14.4 Å². The van der Waals surface area contributed by atoms with Crippen LogP contribution in [0.25, 0.3) is 11.8 Å². The predicted octanol–water partition coefficient (Wildman–Crippen LogP) is 4.07. The largest absolute Gasteiger partial charge is 0.335 e. The van der Waals surface area contributed by atoms with E-state index in [2.05, 4.69) is 9.88 Å². The van der Waals surface area contributed by atoms with Gasteiger partial charge < -0.3 is 4.57 Å². The summed E-state index contributed by atoms with van der Waals surface area (Å²) < 4.78 is 2.06. The van der Waals surface area contributed by atoms with E-state index in [9.17, 15) is 14.4 Å². The van der Waals surface area contributed by atoms with Crippen molar-refractivity contribution in [1.29, 1.82) is 0 Å². The van der Waals surface area contributed by atoms with Crippen LogP contribution in [-0.4, -0.2) is 22.4 Å². The van der Waals surface area contributed by atoms with Gasteiger partial charge in [-0.1, -0.05) is 35.9 Å². The summed E-state index contributed by atoms with van der Waals surface area (Å²) in [6, 6.07) is 18.0. The third kappa shape index (κ3) is 3.33. The summed E-state index contributed by atoms with van der Waals surface area (Å²) in [6.45, 7) is 5.81. The lowest BCUT2D eigenvalue weighted by Crippen LogP contribution is -2.54. The van der Waals surface area contributed by atoms with E-state index < -0.39 is 17.8 Å². The molecule has 150 valence electrons. The van der Waals surface area contributed by atoms with Crippen molar-refractivity contribution in [3.63, 3.8) is 0 Å². The molecule has 1 aliphatic heterocycles. The number of urea groups is 1. The highest BCUT2D eigenvalue weighted by Gasteiger charge is 2.37. The first kappa shape index (κ1) is 19.4. The fourth-order valence-electron chi connectivity index (χ4n) is 3.65. The number of anilines is 1. The van der Waals surface area contributed by atoms with E-state index in [0.717, 1.165) is 33.1 Å². The molecule has 0 unspecified atom stereocenters. The maximum atomic E-state index is 13.1. The van der Waals surface area contributed by atoms with Gasteiger partial charge in [0.1, 0.15) is 5.57 Å². The molecule has 0 aliphatic carbocycles. The number of rotatable bonds is 3. The Morgan fingerprint density at radius 1 is 0.833 bits per heavy atom. The van der Waals surface area contributed by atoms with E-state index in [0.29, 0.717) is 5.69 Å². The van der Waals surface area contributed by atoms with Crippen LogP contribution in [0.3, 0.4) is 0 Å². The van der Waals surface area contributed by atoms with E-state index in [1.54, 1.807) is 18.2 Å². The number of para-hydroxylation sites is 1. The number of nitrogens with one attached hydrogen (secondary N) is 1. The zero-order chi connectivity index (χ0) is 21.4. The van der Waals surface area contributed by atoms with Crippen molar-refractivity contribution in [3.8, 4) is 5.69 Å². The Labute approximate surface area is 174 Å². The molecule has 4 rings (SSSR count). The number of amides is 4. The summed E-state index contributed by atoms with van der Waals surface area (Å²) in [7, 11) is 0. The number of carbonyl (C=O) groups is 3. The molecular weight excluding hydrogens is 378 g/mol. The Balaban J connectivity index is 1.76. The van der Waals surface area contributed by atoms with Gasteiger partial charge in [-0.2, -0.15) is 0 Å². The molecule has 0 radical (unpaired) electrons. The van der Waals surface area contributed by atoms with Gasteiger partial charge in [0.2, 0.25) is 0 Å². The van der Waals surface area contributed by atoms with Crippen LogP contribution in [0.1, 0.15) is 22.5 Å². The molecule has 1 saturated heterocycles. The summed E-state index contributed by atoms with van der Waals surface area (Å²) in [5, 5.41) is 2.27. The van der Waals surface area contributed by atoms with Crippen LogP contribution in [0.5, 0.6) is 0 Å². The van der Waals surface area contributed by atoms with E-state index in [1.807, 2.05) is 69.3 Å². The average molecular weight is 399 g/mol. The van der Waals surface area contributed by atoms with Gasteiger partial charge in [-0.25, -0.2) is 9.69 Å².